The predicted molar refractivity (Wildman–Crippen MR) is 111 cm³/mol. The number of ketones is 1. The Balaban J connectivity index is 1.30. The molecule has 1 aliphatic carbocycles. The summed E-state index contributed by atoms with van der Waals surface area (Å²) in [4.78, 5) is 30.0. The molecule has 1 aliphatic heterocycles. The Morgan fingerprint density at radius 2 is 1.83 bits per heavy atom. The molecule has 1 saturated heterocycles. The summed E-state index contributed by atoms with van der Waals surface area (Å²) in [6.07, 6.45) is 3.81. The molecule has 6 heteroatoms. The molecule has 2 N–H and O–H groups in total. The first kappa shape index (κ1) is 19.7. The van der Waals surface area contributed by atoms with Crippen molar-refractivity contribution in [3.05, 3.63) is 59.8 Å². The lowest BCUT2D eigenvalue weighted by atomic mass is 9.91. The highest BCUT2D eigenvalue weighted by Gasteiger charge is 2.48. The molecule has 2 unspecified atom stereocenters. The van der Waals surface area contributed by atoms with E-state index in [4.69, 9.17) is 0 Å². The van der Waals surface area contributed by atoms with Gasteiger partial charge in [0.15, 0.2) is 5.78 Å². The highest BCUT2D eigenvalue weighted by atomic mass is 16.3. The summed E-state index contributed by atoms with van der Waals surface area (Å²) in [6, 6.07) is 13.5. The van der Waals surface area contributed by atoms with Gasteiger partial charge in [0.1, 0.15) is 5.82 Å². The fourth-order valence-electron chi connectivity index (χ4n) is 4.91. The number of hydrogen-bond acceptors (Lipinski definition) is 5. The fraction of sp³-hybridized carbons (Fsp3) is 0.435. The Labute approximate surface area is 171 Å². The van der Waals surface area contributed by atoms with E-state index in [1.165, 1.54) is 18.7 Å². The van der Waals surface area contributed by atoms with E-state index in [9.17, 15) is 14.7 Å². The summed E-state index contributed by atoms with van der Waals surface area (Å²) in [5.74, 6) is 1.18. The Morgan fingerprint density at radius 1 is 1.14 bits per heavy atom. The number of carbonyl (C=O) groups excluding carboxylic acids is 2. The molecule has 2 heterocycles. The van der Waals surface area contributed by atoms with Gasteiger partial charge in [0, 0.05) is 38.2 Å². The number of anilines is 1. The van der Waals surface area contributed by atoms with E-state index in [-0.39, 0.29) is 11.7 Å². The molecule has 0 bridgehead atoms. The molecule has 2 aromatic rings. The van der Waals surface area contributed by atoms with Crippen LogP contribution in [0.4, 0.5) is 5.82 Å². The van der Waals surface area contributed by atoms with Gasteiger partial charge in [-0.3, -0.25) is 14.5 Å². The van der Waals surface area contributed by atoms with Gasteiger partial charge >= 0.3 is 0 Å². The summed E-state index contributed by atoms with van der Waals surface area (Å²) < 4.78 is 0. The molecule has 2 fully saturated rings. The van der Waals surface area contributed by atoms with Crippen LogP contribution in [0.2, 0.25) is 0 Å². The summed E-state index contributed by atoms with van der Waals surface area (Å²) in [7, 11) is 0. The molecular formula is C23H27N3O3. The number of rotatable bonds is 6. The van der Waals surface area contributed by atoms with E-state index in [1.807, 2.05) is 18.2 Å². The van der Waals surface area contributed by atoms with Crippen molar-refractivity contribution in [2.24, 2.45) is 11.8 Å². The molecule has 4 rings (SSSR count). The van der Waals surface area contributed by atoms with Crippen molar-refractivity contribution in [1.29, 1.82) is 0 Å². The van der Waals surface area contributed by atoms with E-state index in [2.05, 4.69) is 27.3 Å². The number of amides is 1. The minimum absolute atomic E-state index is 0.0337. The maximum Gasteiger partial charge on any atom is 0.222 e. The SMILES string of the molecule is CC(=O)Nc1ccc(C(=O)CN2CC3CC(O)(Cc4ccccc4)CC3C2)cn1. The van der Waals surface area contributed by atoms with E-state index < -0.39 is 5.60 Å². The Hall–Kier alpha value is -2.57. The minimum Gasteiger partial charge on any atom is -0.390 e. The van der Waals surface area contributed by atoms with E-state index >= 15 is 0 Å². The number of aliphatic hydroxyl groups is 1. The molecule has 1 amide bonds. The zero-order chi connectivity index (χ0) is 20.4. The molecule has 2 atom stereocenters. The monoisotopic (exact) mass is 393 g/mol. The Morgan fingerprint density at radius 3 is 2.41 bits per heavy atom. The highest BCUT2D eigenvalue weighted by Crippen LogP contribution is 2.45. The first-order chi connectivity index (χ1) is 13.9. The van der Waals surface area contributed by atoms with Crippen molar-refractivity contribution in [3.63, 3.8) is 0 Å². The highest BCUT2D eigenvalue weighted by molar-refractivity contribution is 5.97. The number of nitrogens with one attached hydrogen (secondary N) is 1. The molecule has 0 spiro atoms. The van der Waals surface area contributed by atoms with Crippen LogP contribution in [0.5, 0.6) is 0 Å². The summed E-state index contributed by atoms with van der Waals surface area (Å²) >= 11 is 0. The topological polar surface area (TPSA) is 82.5 Å². The zero-order valence-corrected chi connectivity index (χ0v) is 16.7. The second-order valence-corrected chi connectivity index (χ2v) is 8.55. The Kier molecular flexibility index (Phi) is 5.48. The van der Waals surface area contributed by atoms with Gasteiger partial charge in [-0.1, -0.05) is 30.3 Å². The second-order valence-electron chi connectivity index (χ2n) is 8.55. The molecule has 29 heavy (non-hydrogen) atoms. The van der Waals surface area contributed by atoms with Crippen LogP contribution in [0.15, 0.2) is 48.7 Å². The molecule has 1 saturated carbocycles. The van der Waals surface area contributed by atoms with E-state index in [1.54, 1.807) is 12.1 Å². The van der Waals surface area contributed by atoms with Crippen molar-refractivity contribution in [1.82, 2.24) is 9.88 Å². The number of hydrogen-bond donors (Lipinski definition) is 2. The molecule has 0 radical (unpaired) electrons. The second kappa shape index (κ2) is 8.05. The first-order valence-electron chi connectivity index (χ1n) is 10.2. The van der Waals surface area contributed by atoms with Crippen LogP contribution in [0.3, 0.4) is 0 Å². The number of fused-ring (bicyclic) bond motifs is 1. The average Bonchev–Trinajstić information content (AvgIpc) is 3.16. The molecule has 1 aromatic heterocycles. The van der Waals surface area contributed by atoms with Crippen LogP contribution in [0, 0.1) is 11.8 Å². The fourth-order valence-corrected chi connectivity index (χ4v) is 4.91. The molecule has 152 valence electrons. The third kappa shape index (κ3) is 4.71. The van der Waals surface area contributed by atoms with Gasteiger partial charge in [-0.2, -0.15) is 0 Å². The van der Waals surface area contributed by atoms with Gasteiger partial charge in [0.2, 0.25) is 5.91 Å². The molecule has 6 nitrogen and oxygen atoms in total. The maximum absolute atomic E-state index is 12.6. The number of nitrogens with zero attached hydrogens (tertiary/aromatic N) is 2. The van der Waals surface area contributed by atoms with Gasteiger partial charge in [-0.25, -0.2) is 4.98 Å². The van der Waals surface area contributed by atoms with Crippen molar-refractivity contribution in [2.45, 2.75) is 31.8 Å². The van der Waals surface area contributed by atoms with Crippen molar-refractivity contribution < 1.29 is 14.7 Å². The van der Waals surface area contributed by atoms with Gasteiger partial charge in [0.05, 0.1) is 12.1 Å². The lowest BCUT2D eigenvalue weighted by Gasteiger charge is -2.26. The standard InChI is InChI=1S/C23H27N3O3/c1-16(27)25-22-8-7-18(12-24-22)21(28)15-26-13-19-10-23(29,11-20(19)14-26)9-17-5-3-2-4-6-17/h2-8,12,19-20,29H,9-11,13-15H2,1H3,(H,24,25,27). The lowest BCUT2D eigenvalue weighted by molar-refractivity contribution is -0.114. The lowest BCUT2D eigenvalue weighted by Crippen LogP contribution is -2.34. The average molecular weight is 393 g/mol. The van der Waals surface area contributed by atoms with Crippen LogP contribution < -0.4 is 5.32 Å². The van der Waals surface area contributed by atoms with E-state index in [0.717, 1.165) is 25.9 Å². The van der Waals surface area contributed by atoms with Gasteiger partial charge < -0.3 is 10.4 Å². The van der Waals surface area contributed by atoms with E-state index in [0.29, 0.717) is 36.2 Å². The quantitative estimate of drug-likeness (QED) is 0.737. The van der Waals surface area contributed by atoms with Crippen LogP contribution in [-0.4, -0.2) is 51.9 Å². The van der Waals surface area contributed by atoms with Gasteiger partial charge in [0.25, 0.3) is 0 Å². The number of benzene rings is 1. The number of likely N-dealkylation sites (tertiary alicyclic amines) is 1. The van der Waals surface area contributed by atoms with Crippen molar-refractivity contribution in [2.75, 3.05) is 25.0 Å². The largest absolute Gasteiger partial charge is 0.390 e. The summed E-state index contributed by atoms with van der Waals surface area (Å²) in [5.41, 5.74) is 1.10. The smallest absolute Gasteiger partial charge is 0.222 e. The molecule has 1 aromatic carbocycles. The van der Waals surface area contributed by atoms with Crippen LogP contribution >= 0.6 is 0 Å². The first-order valence-corrected chi connectivity index (χ1v) is 10.2. The van der Waals surface area contributed by atoms with Crippen LogP contribution in [0.1, 0.15) is 35.7 Å². The number of aromatic nitrogens is 1. The van der Waals surface area contributed by atoms with Crippen LogP contribution in [0.25, 0.3) is 0 Å². The van der Waals surface area contributed by atoms with Crippen molar-refractivity contribution in [3.8, 4) is 0 Å². The summed E-state index contributed by atoms with van der Waals surface area (Å²) in [5, 5.41) is 13.7. The molecular weight excluding hydrogens is 366 g/mol. The zero-order valence-electron chi connectivity index (χ0n) is 16.7. The normalized spacial score (nSPS) is 26.3. The number of pyridine rings is 1. The van der Waals surface area contributed by atoms with Gasteiger partial charge in [-0.05, 0) is 42.4 Å². The predicted octanol–water partition coefficient (Wildman–Crippen LogP) is 2.54. The molecule has 2 aliphatic rings. The number of carbonyl (C=O) groups is 2. The Bertz CT molecular complexity index is 868. The third-order valence-corrected chi connectivity index (χ3v) is 6.07. The van der Waals surface area contributed by atoms with Crippen molar-refractivity contribution >= 4 is 17.5 Å². The maximum atomic E-state index is 12.6. The number of Topliss-reactive ketones (excluding diaryl/α,β-unsaturated/α-hetero) is 1. The minimum atomic E-state index is -0.629. The third-order valence-electron chi connectivity index (χ3n) is 6.07. The summed E-state index contributed by atoms with van der Waals surface area (Å²) in [6.45, 7) is 3.49. The van der Waals surface area contributed by atoms with Gasteiger partial charge in [-0.15, -0.1) is 0 Å². The van der Waals surface area contributed by atoms with Crippen LogP contribution in [-0.2, 0) is 11.2 Å².